The van der Waals surface area contributed by atoms with E-state index < -0.39 is 0 Å². The lowest BCUT2D eigenvalue weighted by atomic mass is 10.5. The van der Waals surface area contributed by atoms with Crippen molar-refractivity contribution in [3.05, 3.63) is 0 Å². The van der Waals surface area contributed by atoms with Gasteiger partial charge in [-0.05, 0) is 35.1 Å². The first-order valence-corrected chi connectivity index (χ1v) is 4.00. The van der Waals surface area contributed by atoms with Gasteiger partial charge in [0.15, 0.2) is 0 Å². The summed E-state index contributed by atoms with van der Waals surface area (Å²) in [4.78, 5) is 4.21. The third kappa shape index (κ3) is 5.18. The lowest BCUT2D eigenvalue weighted by Crippen LogP contribution is -2.39. The first-order valence-electron chi connectivity index (χ1n) is 4.00. The summed E-state index contributed by atoms with van der Waals surface area (Å²) in [5.74, 6) is 0. The Balaban J connectivity index is 3.69. The standard InChI is InChI=1S/C8H20N2O/c1-6-11-8(10(4)5)7-9(2)3/h8H,6-7H2,1-5H3. The van der Waals surface area contributed by atoms with E-state index in [0.717, 1.165) is 13.2 Å². The molecule has 0 aliphatic rings. The van der Waals surface area contributed by atoms with Crippen LogP contribution in [-0.4, -0.2) is 57.4 Å². The van der Waals surface area contributed by atoms with Crippen molar-refractivity contribution in [1.29, 1.82) is 0 Å². The van der Waals surface area contributed by atoms with E-state index >= 15 is 0 Å². The van der Waals surface area contributed by atoms with Crippen LogP contribution in [0.1, 0.15) is 6.92 Å². The SMILES string of the molecule is CCOC(CN(C)C)N(C)C. The van der Waals surface area contributed by atoms with Crippen LogP contribution in [0, 0.1) is 0 Å². The van der Waals surface area contributed by atoms with Crippen LogP contribution in [0.25, 0.3) is 0 Å². The second-order valence-electron chi connectivity index (χ2n) is 3.14. The predicted molar refractivity (Wildman–Crippen MR) is 47.7 cm³/mol. The van der Waals surface area contributed by atoms with Gasteiger partial charge in [0, 0.05) is 13.2 Å². The van der Waals surface area contributed by atoms with Crippen molar-refractivity contribution in [1.82, 2.24) is 9.80 Å². The maximum atomic E-state index is 5.50. The molecule has 0 heterocycles. The van der Waals surface area contributed by atoms with Gasteiger partial charge in [-0.25, -0.2) is 0 Å². The highest BCUT2D eigenvalue weighted by Gasteiger charge is 2.10. The Kier molecular flexibility index (Phi) is 5.46. The molecule has 0 aromatic heterocycles. The first kappa shape index (κ1) is 10.9. The molecule has 0 amide bonds. The molecular weight excluding hydrogens is 140 g/mol. The molecule has 0 bridgehead atoms. The summed E-state index contributed by atoms with van der Waals surface area (Å²) in [6.45, 7) is 3.74. The average molecular weight is 160 g/mol. The van der Waals surface area contributed by atoms with E-state index in [9.17, 15) is 0 Å². The normalized spacial score (nSPS) is 14.5. The van der Waals surface area contributed by atoms with E-state index in [4.69, 9.17) is 4.74 Å². The van der Waals surface area contributed by atoms with Gasteiger partial charge < -0.3 is 9.64 Å². The molecule has 0 fully saturated rings. The van der Waals surface area contributed by atoms with Gasteiger partial charge in [-0.3, -0.25) is 4.90 Å². The van der Waals surface area contributed by atoms with Crippen LogP contribution in [0.15, 0.2) is 0 Å². The molecule has 0 N–H and O–H groups in total. The first-order chi connectivity index (χ1) is 5.07. The number of ether oxygens (including phenoxy) is 1. The third-order valence-electron chi connectivity index (χ3n) is 1.46. The summed E-state index contributed by atoms with van der Waals surface area (Å²) >= 11 is 0. The highest BCUT2D eigenvalue weighted by atomic mass is 16.5. The molecule has 3 nitrogen and oxygen atoms in total. The molecule has 68 valence electrons. The predicted octanol–water partition coefficient (Wildman–Crippen LogP) is 0.472. The van der Waals surface area contributed by atoms with Crippen molar-refractivity contribution in [3.63, 3.8) is 0 Å². The van der Waals surface area contributed by atoms with Crippen LogP contribution >= 0.6 is 0 Å². The summed E-state index contributed by atoms with van der Waals surface area (Å²) < 4.78 is 5.50. The maximum absolute atomic E-state index is 5.50. The van der Waals surface area contributed by atoms with E-state index in [0.29, 0.717) is 0 Å². The Morgan fingerprint density at radius 1 is 1.18 bits per heavy atom. The van der Waals surface area contributed by atoms with Crippen molar-refractivity contribution in [2.75, 3.05) is 41.3 Å². The summed E-state index contributed by atoms with van der Waals surface area (Å²) in [5.41, 5.74) is 0. The lowest BCUT2D eigenvalue weighted by Gasteiger charge is -2.26. The van der Waals surface area contributed by atoms with Gasteiger partial charge in [0.2, 0.25) is 0 Å². The summed E-state index contributed by atoms with van der Waals surface area (Å²) in [7, 11) is 8.17. The zero-order valence-corrected chi connectivity index (χ0v) is 8.29. The molecule has 1 atom stereocenters. The van der Waals surface area contributed by atoms with Gasteiger partial charge in [-0.2, -0.15) is 0 Å². The van der Waals surface area contributed by atoms with E-state index in [-0.39, 0.29) is 6.23 Å². The van der Waals surface area contributed by atoms with Crippen molar-refractivity contribution >= 4 is 0 Å². The van der Waals surface area contributed by atoms with Crippen molar-refractivity contribution in [2.24, 2.45) is 0 Å². The topological polar surface area (TPSA) is 15.7 Å². The minimum atomic E-state index is 0.218. The van der Waals surface area contributed by atoms with Crippen LogP contribution in [0.3, 0.4) is 0 Å². The summed E-state index contributed by atoms with van der Waals surface area (Å²) in [6.07, 6.45) is 0.218. The monoisotopic (exact) mass is 160 g/mol. The van der Waals surface area contributed by atoms with Crippen LogP contribution < -0.4 is 0 Å². The van der Waals surface area contributed by atoms with Crippen LogP contribution in [0.5, 0.6) is 0 Å². The minimum Gasteiger partial charge on any atom is -0.362 e. The lowest BCUT2D eigenvalue weighted by molar-refractivity contribution is -0.0427. The van der Waals surface area contributed by atoms with Crippen LogP contribution in [-0.2, 0) is 4.74 Å². The molecule has 3 heteroatoms. The van der Waals surface area contributed by atoms with Crippen molar-refractivity contribution in [2.45, 2.75) is 13.2 Å². The zero-order chi connectivity index (χ0) is 8.85. The fourth-order valence-electron chi connectivity index (χ4n) is 0.870. The molecule has 1 unspecified atom stereocenters. The van der Waals surface area contributed by atoms with Gasteiger partial charge in [0.1, 0.15) is 6.23 Å². The maximum Gasteiger partial charge on any atom is 0.122 e. The van der Waals surface area contributed by atoms with Crippen molar-refractivity contribution in [3.8, 4) is 0 Å². The highest BCUT2D eigenvalue weighted by molar-refractivity contribution is 4.57. The quantitative estimate of drug-likeness (QED) is 0.544. The van der Waals surface area contributed by atoms with E-state index in [1.165, 1.54) is 0 Å². The third-order valence-corrected chi connectivity index (χ3v) is 1.46. The number of rotatable bonds is 5. The molecule has 0 aliphatic carbocycles. The summed E-state index contributed by atoms with van der Waals surface area (Å²) in [6, 6.07) is 0. The minimum absolute atomic E-state index is 0.218. The fourth-order valence-corrected chi connectivity index (χ4v) is 0.870. The Morgan fingerprint density at radius 3 is 2.00 bits per heavy atom. The average Bonchev–Trinajstić information content (AvgIpc) is 1.86. The molecule has 0 saturated heterocycles. The molecular formula is C8H20N2O. The number of hydrogen-bond donors (Lipinski definition) is 0. The molecule has 0 aromatic carbocycles. The number of hydrogen-bond acceptors (Lipinski definition) is 3. The molecule has 0 aliphatic heterocycles. The molecule has 11 heavy (non-hydrogen) atoms. The Labute approximate surface area is 69.9 Å². The Hall–Kier alpha value is -0.120. The van der Waals surface area contributed by atoms with Gasteiger partial charge in [0.25, 0.3) is 0 Å². The van der Waals surface area contributed by atoms with Gasteiger partial charge in [-0.15, -0.1) is 0 Å². The Bertz CT molecular complexity index is 94.1. The molecule has 0 saturated carbocycles. The highest BCUT2D eigenvalue weighted by Crippen LogP contribution is 1.96. The zero-order valence-electron chi connectivity index (χ0n) is 8.29. The van der Waals surface area contributed by atoms with Crippen LogP contribution in [0.2, 0.25) is 0 Å². The van der Waals surface area contributed by atoms with Crippen molar-refractivity contribution < 1.29 is 4.74 Å². The van der Waals surface area contributed by atoms with Crippen LogP contribution in [0.4, 0.5) is 0 Å². The van der Waals surface area contributed by atoms with Gasteiger partial charge in [0.05, 0.1) is 0 Å². The second kappa shape index (κ2) is 5.52. The largest absolute Gasteiger partial charge is 0.362 e. The smallest absolute Gasteiger partial charge is 0.122 e. The van der Waals surface area contributed by atoms with E-state index in [1.54, 1.807) is 0 Å². The molecule has 0 rings (SSSR count). The fraction of sp³-hybridized carbons (Fsp3) is 1.00. The molecule has 0 aromatic rings. The Morgan fingerprint density at radius 2 is 1.73 bits per heavy atom. The molecule has 0 radical (unpaired) electrons. The summed E-state index contributed by atoms with van der Waals surface area (Å²) in [5, 5.41) is 0. The van der Waals surface area contributed by atoms with E-state index in [2.05, 4.69) is 23.9 Å². The van der Waals surface area contributed by atoms with Gasteiger partial charge in [-0.1, -0.05) is 0 Å². The number of nitrogens with zero attached hydrogens (tertiary/aromatic N) is 2. The van der Waals surface area contributed by atoms with Gasteiger partial charge >= 0.3 is 0 Å². The number of likely N-dealkylation sites (N-methyl/N-ethyl adjacent to an activating group) is 2. The van der Waals surface area contributed by atoms with E-state index in [1.807, 2.05) is 21.0 Å². The molecule has 0 spiro atoms. The second-order valence-corrected chi connectivity index (χ2v) is 3.14.